The Balaban J connectivity index is 2.15. The van der Waals surface area contributed by atoms with Gasteiger partial charge in [-0.2, -0.15) is 0 Å². The first-order valence-corrected chi connectivity index (χ1v) is 7.57. The van der Waals surface area contributed by atoms with E-state index in [4.69, 9.17) is 5.73 Å². The zero-order chi connectivity index (χ0) is 14.0. The van der Waals surface area contributed by atoms with Crippen LogP contribution in [0.5, 0.6) is 0 Å². The van der Waals surface area contributed by atoms with Gasteiger partial charge >= 0.3 is 5.69 Å². The zero-order valence-corrected chi connectivity index (χ0v) is 10.9. The third-order valence-electron chi connectivity index (χ3n) is 2.99. The molecule has 19 heavy (non-hydrogen) atoms. The molecule has 9 heteroatoms. The van der Waals surface area contributed by atoms with Crippen molar-refractivity contribution in [3.05, 3.63) is 22.2 Å². The van der Waals surface area contributed by atoms with E-state index in [-0.39, 0.29) is 34.9 Å². The first-order chi connectivity index (χ1) is 8.87. The molecule has 0 saturated carbocycles. The summed E-state index contributed by atoms with van der Waals surface area (Å²) >= 11 is 0. The van der Waals surface area contributed by atoms with Gasteiger partial charge in [-0.1, -0.05) is 0 Å². The fourth-order valence-corrected chi connectivity index (χ4v) is 3.44. The molecule has 3 N–H and O–H groups in total. The van der Waals surface area contributed by atoms with Crippen molar-refractivity contribution in [2.45, 2.75) is 18.9 Å². The van der Waals surface area contributed by atoms with Gasteiger partial charge in [0.25, 0.3) is 0 Å². The number of anilines is 2. The maximum absolute atomic E-state index is 11.3. The van der Waals surface area contributed by atoms with Gasteiger partial charge in [0.15, 0.2) is 0 Å². The van der Waals surface area contributed by atoms with Gasteiger partial charge in [0.05, 0.1) is 16.4 Å². The molecule has 0 aromatic carbocycles. The van der Waals surface area contributed by atoms with Crippen molar-refractivity contribution in [3.8, 4) is 0 Å². The van der Waals surface area contributed by atoms with Crippen LogP contribution in [0.25, 0.3) is 0 Å². The van der Waals surface area contributed by atoms with Crippen molar-refractivity contribution < 1.29 is 13.3 Å². The number of nitrogens with one attached hydrogen (secondary N) is 1. The average Bonchev–Trinajstić information content (AvgIpc) is 2.31. The Morgan fingerprint density at radius 3 is 2.58 bits per heavy atom. The molecule has 2 rings (SSSR count). The van der Waals surface area contributed by atoms with Gasteiger partial charge in [-0.3, -0.25) is 10.1 Å². The van der Waals surface area contributed by atoms with Crippen molar-refractivity contribution >= 4 is 27.2 Å². The lowest BCUT2D eigenvalue weighted by Crippen LogP contribution is -2.32. The molecular weight excluding hydrogens is 272 g/mol. The normalized spacial score (nSPS) is 18.9. The molecule has 1 aliphatic heterocycles. The summed E-state index contributed by atoms with van der Waals surface area (Å²) in [5.41, 5.74) is 5.34. The molecule has 1 aliphatic rings. The second-order valence-corrected chi connectivity index (χ2v) is 6.74. The van der Waals surface area contributed by atoms with Gasteiger partial charge in [-0.05, 0) is 18.9 Å². The van der Waals surface area contributed by atoms with E-state index in [0.29, 0.717) is 12.8 Å². The molecule has 0 aliphatic carbocycles. The van der Waals surface area contributed by atoms with Gasteiger partial charge in [0, 0.05) is 12.1 Å². The number of pyridine rings is 1. The lowest BCUT2D eigenvalue weighted by Gasteiger charge is -2.23. The van der Waals surface area contributed by atoms with Crippen LogP contribution < -0.4 is 11.1 Å². The minimum absolute atomic E-state index is 0.0841. The second-order valence-electron chi connectivity index (χ2n) is 4.43. The fraction of sp³-hybridized carbons (Fsp3) is 0.500. The molecule has 2 heterocycles. The van der Waals surface area contributed by atoms with Crippen LogP contribution in [0.2, 0.25) is 0 Å². The van der Waals surface area contributed by atoms with Crippen LogP contribution in [-0.2, 0) is 9.84 Å². The molecule has 0 unspecified atom stereocenters. The number of nitrogen functional groups attached to an aromatic ring is 1. The van der Waals surface area contributed by atoms with Crippen molar-refractivity contribution in [1.82, 2.24) is 4.98 Å². The quantitative estimate of drug-likeness (QED) is 0.613. The summed E-state index contributed by atoms with van der Waals surface area (Å²) in [7, 11) is -2.96. The molecule has 8 nitrogen and oxygen atoms in total. The number of nitro groups is 1. The van der Waals surface area contributed by atoms with Gasteiger partial charge in [-0.15, -0.1) is 0 Å². The van der Waals surface area contributed by atoms with E-state index < -0.39 is 14.8 Å². The van der Waals surface area contributed by atoms with Crippen molar-refractivity contribution in [1.29, 1.82) is 0 Å². The molecule has 0 spiro atoms. The fourth-order valence-electron chi connectivity index (χ4n) is 1.95. The summed E-state index contributed by atoms with van der Waals surface area (Å²) in [4.78, 5) is 14.2. The van der Waals surface area contributed by atoms with E-state index >= 15 is 0 Å². The molecular formula is C10H14N4O4S. The first-order valence-electron chi connectivity index (χ1n) is 5.75. The van der Waals surface area contributed by atoms with Crippen LogP contribution in [0.4, 0.5) is 17.3 Å². The third-order valence-corrected chi connectivity index (χ3v) is 4.70. The summed E-state index contributed by atoms with van der Waals surface area (Å²) in [6, 6.07) is 2.50. The molecule has 1 aromatic rings. The Labute approximate surface area is 110 Å². The van der Waals surface area contributed by atoms with Crippen molar-refractivity contribution in [2.24, 2.45) is 0 Å². The zero-order valence-electron chi connectivity index (χ0n) is 10.1. The van der Waals surface area contributed by atoms with E-state index in [1.165, 1.54) is 12.1 Å². The van der Waals surface area contributed by atoms with Crippen LogP contribution in [-0.4, -0.2) is 35.9 Å². The summed E-state index contributed by atoms with van der Waals surface area (Å²) in [6.07, 6.45) is 0.825. The lowest BCUT2D eigenvalue weighted by atomic mass is 10.1. The molecule has 0 amide bonds. The van der Waals surface area contributed by atoms with E-state index in [1.807, 2.05) is 0 Å². The monoisotopic (exact) mass is 286 g/mol. The smallest absolute Gasteiger partial charge is 0.311 e. The first kappa shape index (κ1) is 13.5. The maximum Gasteiger partial charge on any atom is 0.311 e. The highest BCUT2D eigenvalue weighted by molar-refractivity contribution is 7.91. The topological polar surface area (TPSA) is 128 Å². The van der Waals surface area contributed by atoms with E-state index in [9.17, 15) is 18.5 Å². The minimum atomic E-state index is -2.96. The highest BCUT2D eigenvalue weighted by atomic mass is 32.2. The second kappa shape index (κ2) is 5.00. The molecule has 1 saturated heterocycles. The number of hydrogen-bond acceptors (Lipinski definition) is 7. The Morgan fingerprint density at radius 2 is 2.00 bits per heavy atom. The summed E-state index contributed by atoms with van der Waals surface area (Å²) in [5.74, 6) is 0.438. The van der Waals surface area contributed by atoms with Crippen LogP contribution in [0.3, 0.4) is 0 Å². The van der Waals surface area contributed by atoms with Crippen molar-refractivity contribution in [2.75, 3.05) is 22.6 Å². The lowest BCUT2D eigenvalue weighted by molar-refractivity contribution is -0.384. The predicted octanol–water partition coefficient (Wildman–Crippen LogP) is 0.561. The van der Waals surface area contributed by atoms with Crippen LogP contribution >= 0.6 is 0 Å². The predicted molar refractivity (Wildman–Crippen MR) is 70.6 cm³/mol. The number of nitrogens with zero attached hydrogens (tertiary/aromatic N) is 2. The van der Waals surface area contributed by atoms with E-state index in [2.05, 4.69) is 10.3 Å². The van der Waals surface area contributed by atoms with Crippen LogP contribution in [0, 0.1) is 10.1 Å². The molecule has 0 bridgehead atoms. The van der Waals surface area contributed by atoms with E-state index in [1.54, 1.807) is 0 Å². The Morgan fingerprint density at radius 1 is 1.37 bits per heavy atom. The highest BCUT2D eigenvalue weighted by Crippen LogP contribution is 2.25. The Kier molecular flexibility index (Phi) is 3.56. The third kappa shape index (κ3) is 3.31. The van der Waals surface area contributed by atoms with Crippen LogP contribution in [0.15, 0.2) is 12.1 Å². The highest BCUT2D eigenvalue weighted by Gasteiger charge is 2.26. The number of hydrogen-bond donors (Lipinski definition) is 2. The van der Waals surface area contributed by atoms with Crippen molar-refractivity contribution in [3.63, 3.8) is 0 Å². The number of sulfone groups is 1. The van der Waals surface area contributed by atoms with Gasteiger partial charge in [0.1, 0.15) is 15.7 Å². The standard InChI is InChI=1S/C10H14N4O4S/c11-9-2-1-8(14(15)16)10(13-9)12-7-3-5-19(17,18)6-4-7/h1-2,7H,3-6H2,(H3,11,12,13). The molecule has 104 valence electrons. The molecule has 0 radical (unpaired) electrons. The Bertz CT molecular complexity index is 588. The molecule has 1 fully saturated rings. The number of aromatic nitrogens is 1. The number of nitrogens with two attached hydrogens (primary N) is 1. The summed E-state index contributed by atoms with van der Waals surface area (Å²) in [6.45, 7) is 0. The summed E-state index contributed by atoms with van der Waals surface area (Å²) in [5, 5.41) is 13.8. The summed E-state index contributed by atoms with van der Waals surface area (Å²) < 4.78 is 22.6. The Hall–Kier alpha value is -1.90. The molecule has 1 aromatic heterocycles. The SMILES string of the molecule is Nc1ccc([N+](=O)[O-])c(NC2CCS(=O)(=O)CC2)n1. The minimum Gasteiger partial charge on any atom is -0.384 e. The van der Waals surface area contributed by atoms with Gasteiger partial charge in [-0.25, -0.2) is 13.4 Å². The largest absolute Gasteiger partial charge is 0.384 e. The maximum atomic E-state index is 11.3. The number of rotatable bonds is 3. The van der Waals surface area contributed by atoms with E-state index in [0.717, 1.165) is 0 Å². The molecule has 0 atom stereocenters. The van der Waals surface area contributed by atoms with Gasteiger partial charge in [0.2, 0.25) is 5.82 Å². The van der Waals surface area contributed by atoms with Gasteiger partial charge < -0.3 is 11.1 Å². The van der Waals surface area contributed by atoms with Crippen LogP contribution in [0.1, 0.15) is 12.8 Å². The average molecular weight is 286 g/mol.